The highest BCUT2D eigenvalue weighted by Gasteiger charge is 2.18. The number of alkyl halides is 2. The number of nitrogens with one attached hydrogen (secondary N) is 1. The lowest BCUT2D eigenvalue weighted by Crippen LogP contribution is -2.30. The molecule has 1 atom stereocenters. The van der Waals surface area contributed by atoms with Crippen LogP contribution in [0.15, 0.2) is 24.4 Å². The van der Waals surface area contributed by atoms with Crippen LogP contribution in [0.25, 0.3) is 10.9 Å². The molecule has 1 aromatic carbocycles. The fraction of sp³-hybridized carbons (Fsp3) is 0.273. The highest BCUT2D eigenvalue weighted by atomic mass is 19.3. The zero-order chi connectivity index (χ0) is 11.7. The van der Waals surface area contributed by atoms with Gasteiger partial charge in [0.05, 0.1) is 6.04 Å². The molecule has 1 aromatic heterocycles. The standard InChI is InChI=1S/C11H11F3N2/c12-7-2-1-3-9-10(7)6(5-16-9)4-8(15)11(13)14/h1-3,5,8,11,16H,4,15H2. The molecular weight excluding hydrogens is 217 g/mol. The van der Waals surface area contributed by atoms with Crippen LogP contribution in [0.1, 0.15) is 5.56 Å². The van der Waals surface area contributed by atoms with Gasteiger partial charge in [-0.15, -0.1) is 0 Å². The van der Waals surface area contributed by atoms with E-state index >= 15 is 0 Å². The molecule has 0 fully saturated rings. The largest absolute Gasteiger partial charge is 0.361 e. The molecule has 0 saturated heterocycles. The quantitative estimate of drug-likeness (QED) is 0.832. The van der Waals surface area contributed by atoms with E-state index in [1.54, 1.807) is 12.1 Å². The van der Waals surface area contributed by atoms with Crippen molar-refractivity contribution in [3.8, 4) is 0 Å². The van der Waals surface area contributed by atoms with Crippen molar-refractivity contribution in [3.05, 3.63) is 35.8 Å². The van der Waals surface area contributed by atoms with Gasteiger partial charge in [-0.25, -0.2) is 13.2 Å². The number of hydrogen-bond acceptors (Lipinski definition) is 1. The molecule has 0 aliphatic carbocycles. The summed E-state index contributed by atoms with van der Waals surface area (Å²) >= 11 is 0. The van der Waals surface area contributed by atoms with Crippen molar-refractivity contribution >= 4 is 10.9 Å². The summed E-state index contributed by atoms with van der Waals surface area (Å²) in [6, 6.07) is 3.28. The Morgan fingerprint density at radius 3 is 2.75 bits per heavy atom. The molecule has 2 rings (SSSR count). The Balaban J connectivity index is 2.38. The number of aromatic amines is 1. The minimum atomic E-state index is -2.60. The molecule has 0 radical (unpaired) electrons. The predicted octanol–water partition coefficient (Wildman–Crippen LogP) is 2.44. The zero-order valence-corrected chi connectivity index (χ0v) is 8.38. The molecule has 16 heavy (non-hydrogen) atoms. The van der Waals surface area contributed by atoms with Crippen molar-refractivity contribution in [2.45, 2.75) is 18.9 Å². The van der Waals surface area contributed by atoms with E-state index in [9.17, 15) is 13.2 Å². The summed E-state index contributed by atoms with van der Waals surface area (Å²) in [6.07, 6.45) is -1.12. The van der Waals surface area contributed by atoms with Gasteiger partial charge in [0.2, 0.25) is 0 Å². The van der Waals surface area contributed by atoms with E-state index in [2.05, 4.69) is 4.98 Å². The Morgan fingerprint density at radius 2 is 2.06 bits per heavy atom. The number of benzene rings is 1. The van der Waals surface area contributed by atoms with E-state index in [4.69, 9.17) is 5.73 Å². The van der Waals surface area contributed by atoms with E-state index in [-0.39, 0.29) is 6.42 Å². The summed E-state index contributed by atoms with van der Waals surface area (Å²) in [5.41, 5.74) is 6.34. The fourth-order valence-corrected chi connectivity index (χ4v) is 1.71. The smallest absolute Gasteiger partial charge is 0.253 e. The first kappa shape index (κ1) is 11.0. The molecule has 1 unspecified atom stereocenters. The second-order valence-electron chi connectivity index (χ2n) is 3.68. The maximum atomic E-state index is 13.5. The number of aromatic nitrogens is 1. The van der Waals surface area contributed by atoms with Crippen LogP contribution in [0.4, 0.5) is 13.2 Å². The Hall–Kier alpha value is -1.49. The van der Waals surface area contributed by atoms with Gasteiger partial charge in [0.1, 0.15) is 5.82 Å². The van der Waals surface area contributed by atoms with Gasteiger partial charge < -0.3 is 10.7 Å². The Labute approximate surface area is 90.3 Å². The lowest BCUT2D eigenvalue weighted by atomic mass is 10.1. The summed E-state index contributed by atoms with van der Waals surface area (Å²) in [5.74, 6) is -0.421. The molecule has 0 aliphatic heterocycles. The molecule has 2 aromatic rings. The van der Waals surface area contributed by atoms with Crippen molar-refractivity contribution in [1.29, 1.82) is 0 Å². The molecule has 0 bridgehead atoms. The van der Waals surface area contributed by atoms with Gasteiger partial charge in [-0.05, 0) is 24.1 Å². The SMILES string of the molecule is NC(Cc1c[nH]c2cccc(F)c12)C(F)F. The van der Waals surface area contributed by atoms with Crippen LogP contribution < -0.4 is 5.73 Å². The van der Waals surface area contributed by atoms with E-state index in [1.807, 2.05) is 0 Å². The van der Waals surface area contributed by atoms with Crippen LogP contribution in [0, 0.1) is 5.82 Å². The van der Waals surface area contributed by atoms with E-state index in [0.29, 0.717) is 16.5 Å². The number of fused-ring (bicyclic) bond motifs is 1. The average Bonchev–Trinajstić information content (AvgIpc) is 2.63. The van der Waals surface area contributed by atoms with Gasteiger partial charge in [0.25, 0.3) is 6.43 Å². The van der Waals surface area contributed by atoms with Crippen LogP contribution in [-0.2, 0) is 6.42 Å². The first-order chi connectivity index (χ1) is 7.59. The summed E-state index contributed by atoms with van der Waals surface area (Å²) in [7, 11) is 0. The van der Waals surface area contributed by atoms with E-state index < -0.39 is 18.3 Å². The van der Waals surface area contributed by atoms with Crippen LogP contribution in [0.3, 0.4) is 0 Å². The number of rotatable bonds is 3. The molecule has 86 valence electrons. The average molecular weight is 228 g/mol. The molecule has 0 aliphatic rings. The summed E-state index contributed by atoms with van der Waals surface area (Å²) < 4.78 is 38.1. The predicted molar refractivity (Wildman–Crippen MR) is 55.9 cm³/mol. The number of nitrogens with two attached hydrogens (primary N) is 1. The molecule has 5 heteroatoms. The van der Waals surface area contributed by atoms with Crippen LogP contribution >= 0.6 is 0 Å². The highest BCUT2D eigenvalue weighted by Crippen LogP contribution is 2.23. The molecule has 0 amide bonds. The minimum Gasteiger partial charge on any atom is -0.361 e. The van der Waals surface area contributed by atoms with Gasteiger partial charge >= 0.3 is 0 Å². The van der Waals surface area contributed by atoms with Crippen LogP contribution in [0.5, 0.6) is 0 Å². The first-order valence-corrected chi connectivity index (χ1v) is 4.88. The molecule has 0 saturated carbocycles. The normalized spacial score (nSPS) is 13.6. The van der Waals surface area contributed by atoms with Gasteiger partial charge in [0, 0.05) is 17.1 Å². The Bertz CT molecular complexity index is 493. The Morgan fingerprint density at radius 1 is 1.31 bits per heavy atom. The second-order valence-corrected chi connectivity index (χ2v) is 3.68. The number of hydrogen-bond donors (Lipinski definition) is 2. The van der Waals surface area contributed by atoms with Crippen LogP contribution in [0.2, 0.25) is 0 Å². The third-order valence-corrected chi connectivity index (χ3v) is 2.52. The van der Waals surface area contributed by atoms with Crippen LogP contribution in [-0.4, -0.2) is 17.5 Å². The maximum absolute atomic E-state index is 13.5. The van der Waals surface area contributed by atoms with Crippen molar-refractivity contribution in [1.82, 2.24) is 4.98 Å². The fourth-order valence-electron chi connectivity index (χ4n) is 1.71. The van der Waals surface area contributed by atoms with Crippen molar-refractivity contribution in [3.63, 3.8) is 0 Å². The topological polar surface area (TPSA) is 41.8 Å². The maximum Gasteiger partial charge on any atom is 0.253 e. The number of H-pyrrole nitrogens is 1. The Kier molecular flexibility index (Phi) is 2.87. The van der Waals surface area contributed by atoms with Gasteiger partial charge in [-0.2, -0.15) is 0 Å². The first-order valence-electron chi connectivity index (χ1n) is 4.88. The summed E-state index contributed by atoms with van der Waals surface area (Å²) in [6.45, 7) is 0. The highest BCUT2D eigenvalue weighted by molar-refractivity contribution is 5.83. The molecular formula is C11H11F3N2. The van der Waals surface area contributed by atoms with Crippen molar-refractivity contribution < 1.29 is 13.2 Å². The van der Waals surface area contributed by atoms with Gasteiger partial charge in [-0.1, -0.05) is 6.07 Å². The minimum absolute atomic E-state index is 0.0431. The summed E-state index contributed by atoms with van der Waals surface area (Å²) in [5, 5.41) is 0.346. The monoisotopic (exact) mass is 228 g/mol. The van der Waals surface area contributed by atoms with E-state index in [0.717, 1.165) is 0 Å². The second kappa shape index (κ2) is 4.17. The lowest BCUT2D eigenvalue weighted by molar-refractivity contribution is 0.116. The third kappa shape index (κ3) is 1.90. The zero-order valence-electron chi connectivity index (χ0n) is 8.38. The van der Waals surface area contributed by atoms with Gasteiger partial charge in [-0.3, -0.25) is 0 Å². The third-order valence-electron chi connectivity index (χ3n) is 2.52. The summed E-state index contributed by atoms with van der Waals surface area (Å²) in [4.78, 5) is 2.83. The molecule has 3 N–H and O–H groups in total. The van der Waals surface area contributed by atoms with Crippen molar-refractivity contribution in [2.24, 2.45) is 5.73 Å². The number of halogens is 3. The van der Waals surface area contributed by atoms with Crippen molar-refractivity contribution in [2.75, 3.05) is 0 Å². The molecule has 1 heterocycles. The van der Waals surface area contributed by atoms with Gasteiger partial charge in [0.15, 0.2) is 0 Å². The van der Waals surface area contributed by atoms with E-state index in [1.165, 1.54) is 12.3 Å². The lowest BCUT2D eigenvalue weighted by Gasteiger charge is -2.09. The molecule has 2 nitrogen and oxygen atoms in total. The molecule has 0 spiro atoms.